The minimum atomic E-state index is -1.01. The molecule has 15 heavy (non-hydrogen) atoms. The third-order valence-electron chi connectivity index (χ3n) is 2.00. The number of carboxylic acids is 1. The van der Waals surface area contributed by atoms with Crippen molar-refractivity contribution in [1.82, 2.24) is 20.0 Å². The number of aromatic amines is 1. The van der Waals surface area contributed by atoms with Crippen molar-refractivity contribution in [1.29, 1.82) is 0 Å². The highest BCUT2D eigenvalue weighted by Crippen LogP contribution is 2.27. The molecule has 2 aromatic rings. The molecule has 7 heteroatoms. The van der Waals surface area contributed by atoms with Crippen LogP contribution in [-0.4, -0.2) is 31.1 Å². The molecule has 2 N–H and O–H groups in total. The highest BCUT2D eigenvalue weighted by Gasteiger charge is 2.19. The quantitative estimate of drug-likeness (QED) is 0.861. The van der Waals surface area contributed by atoms with Crippen LogP contribution in [0.3, 0.4) is 0 Å². The van der Waals surface area contributed by atoms with Crippen LogP contribution in [0.5, 0.6) is 0 Å². The minimum Gasteiger partial charge on any atom is -0.478 e. The van der Waals surface area contributed by atoms with Gasteiger partial charge in [-0.05, 0) is 15.9 Å². The van der Waals surface area contributed by atoms with Crippen molar-refractivity contribution in [2.45, 2.75) is 0 Å². The molecule has 0 bridgehead atoms. The number of nitrogens with one attached hydrogen (secondary N) is 1. The lowest BCUT2D eigenvalue weighted by Gasteiger charge is -2.01. The predicted molar refractivity (Wildman–Crippen MR) is 55.4 cm³/mol. The van der Waals surface area contributed by atoms with Crippen molar-refractivity contribution in [3.63, 3.8) is 0 Å². The summed E-state index contributed by atoms with van der Waals surface area (Å²) in [6.07, 6.45) is 2.87. The molecule has 0 aliphatic rings. The average molecular weight is 271 g/mol. The van der Waals surface area contributed by atoms with Gasteiger partial charge < -0.3 is 5.11 Å². The topological polar surface area (TPSA) is 83.8 Å². The zero-order valence-electron chi connectivity index (χ0n) is 7.73. The van der Waals surface area contributed by atoms with E-state index in [4.69, 9.17) is 5.11 Å². The number of aromatic nitrogens is 4. The highest BCUT2D eigenvalue weighted by molar-refractivity contribution is 9.10. The van der Waals surface area contributed by atoms with E-state index >= 15 is 0 Å². The Labute approximate surface area is 93.0 Å². The third kappa shape index (κ3) is 1.54. The van der Waals surface area contributed by atoms with E-state index in [1.807, 2.05) is 0 Å². The van der Waals surface area contributed by atoms with Crippen LogP contribution in [0, 0.1) is 0 Å². The molecule has 0 saturated heterocycles. The summed E-state index contributed by atoms with van der Waals surface area (Å²) < 4.78 is 2.19. The van der Waals surface area contributed by atoms with E-state index < -0.39 is 5.97 Å². The Kier molecular flexibility index (Phi) is 2.31. The van der Waals surface area contributed by atoms with Gasteiger partial charge in [-0.15, -0.1) is 0 Å². The highest BCUT2D eigenvalue weighted by atomic mass is 79.9. The van der Waals surface area contributed by atoms with Gasteiger partial charge in [-0.2, -0.15) is 10.2 Å². The van der Waals surface area contributed by atoms with Crippen molar-refractivity contribution in [3.05, 3.63) is 22.4 Å². The molecule has 2 rings (SSSR count). The SMILES string of the molecule is Cn1ncc(C(=O)O)c1-c1[nH]ncc1Br. The molecule has 2 aromatic heterocycles. The molecular formula is C8H7BrN4O2. The fraction of sp³-hybridized carbons (Fsp3) is 0.125. The Morgan fingerprint density at radius 3 is 2.87 bits per heavy atom. The predicted octanol–water partition coefficient (Wildman–Crippen LogP) is 1.27. The van der Waals surface area contributed by atoms with E-state index in [1.54, 1.807) is 13.2 Å². The van der Waals surface area contributed by atoms with Crippen molar-refractivity contribution in [3.8, 4) is 11.4 Å². The van der Waals surface area contributed by atoms with Crippen LogP contribution in [-0.2, 0) is 7.05 Å². The summed E-state index contributed by atoms with van der Waals surface area (Å²) in [5, 5.41) is 19.4. The number of rotatable bonds is 2. The number of nitrogens with zero attached hydrogens (tertiary/aromatic N) is 3. The molecule has 0 saturated carbocycles. The van der Waals surface area contributed by atoms with Gasteiger partial charge in [-0.25, -0.2) is 4.79 Å². The van der Waals surface area contributed by atoms with Gasteiger partial charge in [-0.1, -0.05) is 0 Å². The molecule has 0 aliphatic carbocycles. The summed E-state index contributed by atoms with van der Waals surface area (Å²) in [6, 6.07) is 0. The lowest BCUT2D eigenvalue weighted by atomic mass is 10.2. The number of hydrogen-bond acceptors (Lipinski definition) is 3. The van der Waals surface area contributed by atoms with Gasteiger partial charge in [0.15, 0.2) is 0 Å². The largest absolute Gasteiger partial charge is 0.478 e. The second kappa shape index (κ2) is 3.50. The van der Waals surface area contributed by atoms with E-state index in [0.29, 0.717) is 15.9 Å². The fourth-order valence-corrected chi connectivity index (χ4v) is 1.71. The molecular weight excluding hydrogens is 264 g/mol. The molecule has 0 spiro atoms. The molecule has 2 heterocycles. The van der Waals surface area contributed by atoms with E-state index in [0.717, 1.165) is 0 Å². The molecule has 78 valence electrons. The van der Waals surface area contributed by atoms with Crippen LogP contribution in [0.25, 0.3) is 11.4 Å². The van der Waals surface area contributed by atoms with Crippen LogP contribution >= 0.6 is 15.9 Å². The monoisotopic (exact) mass is 270 g/mol. The number of H-pyrrole nitrogens is 1. The maximum Gasteiger partial charge on any atom is 0.339 e. The van der Waals surface area contributed by atoms with Crippen molar-refractivity contribution < 1.29 is 9.90 Å². The summed E-state index contributed by atoms with van der Waals surface area (Å²) in [5.74, 6) is -1.01. The first-order chi connectivity index (χ1) is 7.11. The number of aromatic carboxylic acids is 1. The molecule has 0 fully saturated rings. The number of hydrogen-bond donors (Lipinski definition) is 2. The Balaban J connectivity index is 2.66. The zero-order chi connectivity index (χ0) is 11.0. The van der Waals surface area contributed by atoms with Crippen molar-refractivity contribution in [2.24, 2.45) is 7.05 Å². The fourth-order valence-electron chi connectivity index (χ4n) is 1.33. The summed E-state index contributed by atoms with van der Waals surface area (Å²) in [7, 11) is 1.68. The second-order valence-electron chi connectivity index (χ2n) is 2.93. The van der Waals surface area contributed by atoms with Crippen LogP contribution < -0.4 is 0 Å². The van der Waals surface area contributed by atoms with Gasteiger partial charge >= 0.3 is 5.97 Å². The second-order valence-corrected chi connectivity index (χ2v) is 3.78. The van der Waals surface area contributed by atoms with E-state index in [1.165, 1.54) is 10.9 Å². The van der Waals surface area contributed by atoms with Gasteiger partial charge in [0.05, 0.1) is 22.6 Å². The first-order valence-electron chi connectivity index (χ1n) is 4.05. The van der Waals surface area contributed by atoms with Crippen LogP contribution in [0.1, 0.15) is 10.4 Å². The van der Waals surface area contributed by atoms with E-state index in [9.17, 15) is 4.79 Å². The maximum atomic E-state index is 10.9. The first kappa shape index (κ1) is 9.91. The Bertz CT molecular complexity index is 516. The molecule has 0 radical (unpaired) electrons. The summed E-state index contributed by atoms with van der Waals surface area (Å²) in [4.78, 5) is 10.9. The van der Waals surface area contributed by atoms with Crippen molar-refractivity contribution >= 4 is 21.9 Å². The average Bonchev–Trinajstić information content (AvgIpc) is 2.71. The molecule has 0 aromatic carbocycles. The van der Waals surface area contributed by atoms with E-state index in [-0.39, 0.29) is 5.56 Å². The van der Waals surface area contributed by atoms with Crippen LogP contribution in [0.2, 0.25) is 0 Å². The summed E-state index contributed by atoms with van der Waals surface area (Å²) in [5.41, 5.74) is 1.24. The zero-order valence-corrected chi connectivity index (χ0v) is 9.32. The number of halogens is 1. The van der Waals surface area contributed by atoms with Crippen LogP contribution in [0.4, 0.5) is 0 Å². The Hall–Kier alpha value is -1.63. The molecule has 0 unspecified atom stereocenters. The van der Waals surface area contributed by atoms with Gasteiger partial charge in [0.1, 0.15) is 11.3 Å². The summed E-state index contributed by atoms with van der Waals surface area (Å²) in [6.45, 7) is 0. The number of carboxylic acid groups (broad SMARTS) is 1. The molecule has 0 atom stereocenters. The molecule has 6 nitrogen and oxygen atoms in total. The normalized spacial score (nSPS) is 10.5. The van der Waals surface area contributed by atoms with Gasteiger partial charge in [0, 0.05) is 7.05 Å². The van der Waals surface area contributed by atoms with Gasteiger partial charge in [0.25, 0.3) is 0 Å². The molecule has 0 amide bonds. The maximum absolute atomic E-state index is 10.9. The number of carbonyl (C=O) groups is 1. The Morgan fingerprint density at radius 1 is 1.60 bits per heavy atom. The number of aryl methyl sites for hydroxylation is 1. The van der Waals surface area contributed by atoms with Gasteiger partial charge in [0.2, 0.25) is 0 Å². The van der Waals surface area contributed by atoms with E-state index in [2.05, 4.69) is 31.2 Å². The van der Waals surface area contributed by atoms with Crippen molar-refractivity contribution in [2.75, 3.05) is 0 Å². The molecule has 0 aliphatic heterocycles. The smallest absolute Gasteiger partial charge is 0.339 e. The van der Waals surface area contributed by atoms with Gasteiger partial charge in [-0.3, -0.25) is 9.78 Å². The lowest BCUT2D eigenvalue weighted by molar-refractivity contribution is 0.0697. The lowest BCUT2D eigenvalue weighted by Crippen LogP contribution is -2.01. The Morgan fingerprint density at radius 2 is 2.33 bits per heavy atom. The summed E-state index contributed by atoms with van der Waals surface area (Å²) >= 11 is 3.28. The first-order valence-corrected chi connectivity index (χ1v) is 4.85. The third-order valence-corrected chi connectivity index (χ3v) is 2.60. The van der Waals surface area contributed by atoms with Crippen LogP contribution in [0.15, 0.2) is 16.9 Å². The minimum absolute atomic E-state index is 0.141. The standard InChI is InChI=1S/C8H7BrN4O2/c1-13-7(4(2-11-13)8(14)15)6-5(9)3-10-12-6/h2-3H,1H3,(H,10,12)(H,14,15).